The molecule has 3 heterocycles. The number of ether oxygens (including phenoxy) is 3. The molecule has 1 saturated heterocycles. The second kappa shape index (κ2) is 11.2. The molecule has 8 heteroatoms. The number of rotatable bonds is 9. The maximum Gasteiger partial charge on any atom is 0.172 e. The van der Waals surface area contributed by atoms with E-state index in [2.05, 4.69) is 71.3 Å². The maximum atomic E-state index is 6.67. The first-order chi connectivity index (χ1) is 18.6. The lowest BCUT2D eigenvalue weighted by Gasteiger charge is -2.20. The zero-order valence-electron chi connectivity index (χ0n) is 21.3. The number of aromatic nitrogens is 3. The highest BCUT2D eigenvalue weighted by molar-refractivity contribution is 7.98. The van der Waals surface area contributed by atoms with Crippen LogP contribution in [0.15, 0.2) is 90.2 Å². The van der Waals surface area contributed by atoms with Crippen LogP contribution < -0.4 is 9.47 Å². The van der Waals surface area contributed by atoms with Gasteiger partial charge in [0.1, 0.15) is 42.1 Å². The Morgan fingerprint density at radius 3 is 2.39 bits per heavy atom. The van der Waals surface area contributed by atoms with E-state index in [4.69, 9.17) is 19.2 Å². The monoisotopic (exact) mass is 543 g/mol. The Kier molecular flexibility index (Phi) is 7.35. The van der Waals surface area contributed by atoms with Gasteiger partial charge in [-0.05, 0) is 55.2 Å². The van der Waals surface area contributed by atoms with Gasteiger partial charge in [0.2, 0.25) is 0 Å². The van der Waals surface area contributed by atoms with E-state index < -0.39 is 0 Å². The predicted molar refractivity (Wildman–Crippen MR) is 152 cm³/mol. The van der Waals surface area contributed by atoms with Gasteiger partial charge in [-0.2, -0.15) is 4.37 Å². The molecule has 5 aromatic rings. The molecule has 0 aliphatic carbocycles. The van der Waals surface area contributed by atoms with E-state index in [0.717, 1.165) is 32.8 Å². The van der Waals surface area contributed by atoms with E-state index in [1.807, 2.05) is 36.5 Å². The fourth-order valence-electron chi connectivity index (χ4n) is 4.55. The molecular formula is C30H29N3O3S2. The highest BCUT2D eigenvalue weighted by Crippen LogP contribution is 2.39. The summed E-state index contributed by atoms with van der Waals surface area (Å²) < 4.78 is 25.9. The predicted octanol–water partition coefficient (Wildman–Crippen LogP) is 7.22. The third-order valence-electron chi connectivity index (χ3n) is 6.62. The second-order valence-corrected chi connectivity index (χ2v) is 11.2. The number of hydrogen-bond acceptors (Lipinski definition) is 7. The largest absolute Gasteiger partial charge is 0.491 e. The van der Waals surface area contributed by atoms with Crippen LogP contribution in [0, 0.1) is 13.8 Å². The average Bonchev–Trinajstić information content (AvgIpc) is 3.64. The van der Waals surface area contributed by atoms with E-state index in [0.29, 0.717) is 13.0 Å². The fourth-order valence-corrected chi connectivity index (χ4v) is 6.24. The number of hydrogen-bond donors (Lipinski definition) is 0. The Bertz CT molecular complexity index is 1480. The van der Waals surface area contributed by atoms with Crippen molar-refractivity contribution in [3.8, 4) is 11.5 Å². The summed E-state index contributed by atoms with van der Waals surface area (Å²) in [6.07, 6.45) is 1.89. The van der Waals surface area contributed by atoms with Gasteiger partial charge >= 0.3 is 0 Å². The highest BCUT2D eigenvalue weighted by atomic mass is 32.2. The minimum absolute atomic E-state index is 0.177. The van der Waals surface area contributed by atoms with Crippen LogP contribution in [-0.2, 0) is 10.5 Å². The highest BCUT2D eigenvalue weighted by Gasteiger charge is 2.40. The van der Waals surface area contributed by atoms with Crippen molar-refractivity contribution in [3.63, 3.8) is 0 Å². The molecular weight excluding hydrogens is 514 g/mol. The molecule has 0 bridgehead atoms. The smallest absolute Gasteiger partial charge is 0.172 e. The Hall–Kier alpha value is -3.33. The first-order valence-electron chi connectivity index (χ1n) is 12.7. The van der Waals surface area contributed by atoms with Crippen molar-refractivity contribution in [2.45, 2.75) is 49.6 Å². The second-order valence-electron chi connectivity index (χ2n) is 9.51. The van der Waals surface area contributed by atoms with E-state index in [1.54, 1.807) is 11.8 Å². The molecule has 3 atom stereocenters. The van der Waals surface area contributed by atoms with Crippen LogP contribution in [0.5, 0.6) is 11.5 Å². The Morgan fingerprint density at radius 2 is 1.66 bits per heavy atom. The van der Waals surface area contributed by atoms with Gasteiger partial charge in [0.15, 0.2) is 9.99 Å². The van der Waals surface area contributed by atoms with Gasteiger partial charge in [0, 0.05) is 12.2 Å². The average molecular weight is 544 g/mol. The van der Waals surface area contributed by atoms with Gasteiger partial charge in [-0.1, -0.05) is 77.5 Å². The Balaban J connectivity index is 1.25. The molecule has 1 fully saturated rings. The molecule has 0 saturated carbocycles. The van der Waals surface area contributed by atoms with Gasteiger partial charge in [-0.3, -0.25) is 4.57 Å². The minimum Gasteiger partial charge on any atom is -0.491 e. The van der Waals surface area contributed by atoms with Crippen molar-refractivity contribution in [2.24, 2.45) is 0 Å². The number of benzene rings is 3. The molecule has 0 N–H and O–H groups in total. The lowest BCUT2D eigenvalue weighted by Crippen LogP contribution is -2.32. The third-order valence-corrected chi connectivity index (χ3v) is 8.33. The third kappa shape index (κ3) is 5.57. The van der Waals surface area contributed by atoms with Gasteiger partial charge in [0.25, 0.3) is 0 Å². The molecule has 0 radical (unpaired) electrons. The molecule has 3 aromatic carbocycles. The molecule has 0 spiro atoms. The molecule has 0 amide bonds. The molecule has 194 valence electrons. The van der Waals surface area contributed by atoms with E-state index in [9.17, 15) is 0 Å². The van der Waals surface area contributed by atoms with Crippen LogP contribution in [0.1, 0.15) is 29.3 Å². The fraction of sp³-hybridized carbons (Fsp3) is 0.267. The first kappa shape index (κ1) is 25.0. The normalized spacial score (nSPS) is 19.2. The molecule has 1 aliphatic rings. The Labute approximate surface area is 230 Å². The summed E-state index contributed by atoms with van der Waals surface area (Å²) >= 11 is 3.13. The van der Waals surface area contributed by atoms with Crippen molar-refractivity contribution in [1.82, 2.24) is 13.9 Å². The molecule has 2 aromatic heterocycles. The van der Waals surface area contributed by atoms with Crippen molar-refractivity contribution in [3.05, 3.63) is 102 Å². The van der Waals surface area contributed by atoms with E-state index >= 15 is 0 Å². The summed E-state index contributed by atoms with van der Waals surface area (Å²) in [5, 5.41) is 0.927. The van der Waals surface area contributed by atoms with Gasteiger partial charge < -0.3 is 14.2 Å². The summed E-state index contributed by atoms with van der Waals surface area (Å²) in [4.78, 5) is 5.82. The number of aryl methyl sites for hydroxylation is 2. The van der Waals surface area contributed by atoms with Crippen LogP contribution in [0.4, 0.5) is 0 Å². The van der Waals surface area contributed by atoms with Crippen LogP contribution in [0.25, 0.3) is 10.3 Å². The van der Waals surface area contributed by atoms with Gasteiger partial charge in [0.05, 0.1) is 6.20 Å². The summed E-state index contributed by atoms with van der Waals surface area (Å²) in [6.45, 7) is 4.53. The number of nitrogens with zero attached hydrogens (tertiary/aromatic N) is 3. The van der Waals surface area contributed by atoms with Crippen LogP contribution in [-0.4, -0.2) is 32.7 Å². The molecule has 1 aliphatic heterocycles. The number of fused-ring (bicyclic) bond motifs is 1. The van der Waals surface area contributed by atoms with Crippen LogP contribution >= 0.6 is 23.3 Å². The molecule has 6 nitrogen and oxygen atoms in total. The zero-order valence-corrected chi connectivity index (χ0v) is 23.0. The standard InChI is InChI=1S/C30H29N3O3S2/c1-20-8-12-23(13-9-20)34-18-27-26(35-24-14-10-21(2)11-15-24)16-28(36-27)33-25-17-31-38-29(25)32-30(33)37-19-22-6-4-3-5-7-22/h3-15,17,26-28H,16,18-19H2,1-2H3/t26-,27+,28+/m0/s1. The number of thioether (sulfide) groups is 1. The number of imidazole rings is 1. The molecule has 38 heavy (non-hydrogen) atoms. The van der Waals surface area contributed by atoms with Crippen molar-refractivity contribution in [2.75, 3.05) is 6.61 Å². The summed E-state index contributed by atoms with van der Waals surface area (Å²) in [5.41, 5.74) is 4.64. The van der Waals surface area contributed by atoms with Crippen molar-refractivity contribution >= 4 is 33.6 Å². The topological polar surface area (TPSA) is 58.4 Å². The van der Waals surface area contributed by atoms with E-state index in [1.165, 1.54) is 28.2 Å². The molecule has 6 rings (SSSR count). The van der Waals surface area contributed by atoms with Crippen LogP contribution in [0.3, 0.4) is 0 Å². The summed E-state index contributed by atoms with van der Waals surface area (Å²) in [6, 6.07) is 26.7. The van der Waals surface area contributed by atoms with E-state index in [-0.39, 0.29) is 18.4 Å². The van der Waals surface area contributed by atoms with Crippen molar-refractivity contribution < 1.29 is 14.2 Å². The lowest BCUT2D eigenvalue weighted by molar-refractivity contribution is -0.0368. The molecule has 0 unspecified atom stereocenters. The first-order valence-corrected chi connectivity index (χ1v) is 14.5. The quantitative estimate of drug-likeness (QED) is 0.183. The zero-order chi connectivity index (χ0) is 25.9. The van der Waals surface area contributed by atoms with Crippen LogP contribution in [0.2, 0.25) is 0 Å². The lowest BCUT2D eigenvalue weighted by atomic mass is 10.1. The summed E-state index contributed by atoms with van der Waals surface area (Å²) in [7, 11) is 0. The van der Waals surface area contributed by atoms with Gasteiger partial charge in [-0.25, -0.2) is 4.98 Å². The Morgan fingerprint density at radius 1 is 0.947 bits per heavy atom. The SMILES string of the molecule is Cc1ccc(OC[C@H]2O[C@@H](n3c(SCc4ccccc4)nc4sncc43)C[C@@H]2Oc2ccc(C)cc2)cc1. The van der Waals surface area contributed by atoms with Crippen molar-refractivity contribution in [1.29, 1.82) is 0 Å². The van der Waals surface area contributed by atoms with Gasteiger partial charge in [-0.15, -0.1) is 0 Å². The maximum absolute atomic E-state index is 6.67. The minimum atomic E-state index is -0.251. The summed E-state index contributed by atoms with van der Waals surface area (Å²) in [5.74, 6) is 2.48.